The van der Waals surface area contributed by atoms with Gasteiger partial charge in [-0.2, -0.15) is 0 Å². The minimum absolute atomic E-state index is 0.288. The number of amides is 1. The van der Waals surface area contributed by atoms with E-state index in [1.54, 1.807) is 0 Å². The van der Waals surface area contributed by atoms with Crippen LogP contribution < -0.4 is 5.32 Å². The SMILES string of the molecule is O=C(O)NC1(Cc2ccccc2)CCC(O)CC1. The molecule has 0 unspecified atom stereocenters. The first-order valence-electron chi connectivity index (χ1n) is 6.33. The minimum Gasteiger partial charge on any atom is -0.465 e. The highest BCUT2D eigenvalue weighted by Crippen LogP contribution is 2.31. The largest absolute Gasteiger partial charge is 0.465 e. The zero-order valence-electron chi connectivity index (χ0n) is 10.3. The lowest BCUT2D eigenvalue weighted by Crippen LogP contribution is -2.52. The maximum Gasteiger partial charge on any atom is 0.405 e. The molecule has 0 radical (unpaired) electrons. The number of hydrogen-bond donors (Lipinski definition) is 3. The first kappa shape index (κ1) is 12.9. The third-order valence-electron chi connectivity index (χ3n) is 3.67. The van der Waals surface area contributed by atoms with Crippen molar-refractivity contribution in [3.8, 4) is 0 Å². The van der Waals surface area contributed by atoms with Crippen LogP contribution in [0.4, 0.5) is 4.79 Å². The molecule has 3 N–H and O–H groups in total. The average molecular weight is 249 g/mol. The van der Waals surface area contributed by atoms with Crippen molar-refractivity contribution < 1.29 is 15.0 Å². The zero-order chi connectivity index (χ0) is 13.0. The van der Waals surface area contributed by atoms with Crippen LogP contribution in [0, 0.1) is 0 Å². The van der Waals surface area contributed by atoms with Gasteiger partial charge in [-0.15, -0.1) is 0 Å². The van der Waals surface area contributed by atoms with Gasteiger partial charge in [-0.05, 0) is 37.7 Å². The second-order valence-corrected chi connectivity index (χ2v) is 5.10. The van der Waals surface area contributed by atoms with E-state index in [1.807, 2.05) is 30.3 Å². The number of aliphatic hydroxyl groups excluding tert-OH is 1. The number of nitrogens with one attached hydrogen (secondary N) is 1. The average Bonchev–Trinajstić information content (AvgIpc) is 2.34. The molecule has 1 fully saturated rings. The highest BCUT2D eigenvalue weighted by atomic mass is 16.4. The highest BCUT2D eigenvalue weighted by molar-refractivity contribution is 5.65. The maximum absolute atomic E-state index is 11.0. The van der Waals surface area contributed by atoms with Crippen LogP contribution in [0.3, 0.4) is 0 Å². The molecule has 2 rings (SSSR count). The number of carboxylic acid groups (broad SMARTS) is 1. The molecule has 98 valence electrons. The third kappa shape index (κ3) is 3.23. The standard InChI is InChI=1S/C14H19NO3/c16-12-6-8-14(9-7-12,15-13(17)18)10-11-4-2-1-3-5-11/h1-5,12,15-16H,6-10H2,(H,17,18). The normalized spacial score (nSPS) is 27.7. The number of benzene rings is 1. The summed E-state index contributed by atoms with van der Waals surface area (Å²) in [5.41, 5.74) is 0.703. The summed E-state index contributed by atoms with van der Waals surface area (Å²) in [6.45, 7) is 0. The Hall–Kier alpha value is -1.55. The Bertz CT molecular complexity index is 397. The fourth-order valence-corrected chi connectivity index (χ4v) is 2.71. The minimum atomic E-state index is -0.984. The van der Waals surface area contributed by atoms with Crippen LogP contribution in [0.1, 0.15) is 31.2 Å². The van der Waals surface area contributed by atoms with Crippen LogP contribution in [0.25, 0.3) is 0 Å². The Balaban J connectivity index is 2.12. The number of carbonyl (C=O) groups is 1. The molecular formula is C14H19NO3. The lowest BCUT2D eigenvalue weighted by Gasteiger charge is -2.39. The summed E-state index contributed by atoms with van der Waals surface area (Å²) < 4.78 is 0. The van der Waals surface area contributed by atoms with Crippen LogP contribution in [0.2, 0.25) is 0 Å². The van der Waals surface area contributed by atoms with E-state index in [1.165, 1.54) is 0 Å². The molecule has 1 aromatic carbocycles. The summed E-state index contributed by atoms with van der Waals surface area (Å²) >= 11 is 0. The number of rotatable bonds is 3. The number of aliphatic hydroxyl groups is 1. The Morgan fingerprint density at radius 3 is 2.44 bits per heavy atom. The van der Waals surface area contributed by atoms with Crippen LogP contribution >= 0.6 is 0 Å². The van der Waals surface area contributed by atoms with E-state index < -0.39 is 11.6 Å². The molecule has 0 saturated heterocycles. The zero-order valence-corrected chi connectivity index (χ0v) is 10.3. The predicted octanol–water partition coefficient (Wildman–Crippen LogP) is 2.17. The van der Waals surface area contributed by atoms with Gasteiger partial charge >= 0.3 is 6.09 Å². The maximum atomic E-state index is 11.0. The van der Waals surface area contributed by atoms with Gasteiger partial charge in [0.2, 0.25) is 0 Å². The van der Waals surface area contributed by atoms with Crippen molar-refractivity contribution >= 4 is 6.09 Å². The fraction of sp³-hybridized carbons (Fsp3) is 0.500. The van der Waals surface area contributed by atoms with Crippen LogP contribution in [0.5, 0.6) is 0 Å². The van der Waals surface area contributed by atoms with Gasteiger partial charge in [0.05, 0.1) is 6.10 Å². The van der Waals surface area contributed by atoms with E-state index in [0.717, 1.165) is 5.56 Å². The summed E-state index contributed by atoms with van der Waals surface area (Å²) in [5, 5.41) is 21.2. The highest BCUT2D eigenvalue weighted by Gasteiger charge is 2.36. The molecule has 0 spiro atoms. The van der Waals surface area contributed by atoms with Crippen molar-refractivity contribution in [2.45, 2.75) is 43.7 Å². The lowest BCUT2D eigenvalue weighted by molar-refractivity contribution is 0.0810. The molecule has 4 heteroatoms. The third-order valence-corrected chi connectivity index (χ3v) is 3.67. The van der Waals surface area contributed by atoms with Crippen molar-refractivity contribution in [3.05, 3.63) is 35.9 Å². The van der Waals surface area contributed by atoms with Crippen molar-refractivity contribution in [1.82, 2.24) is 5.32 Å². The van der Waals surface area contributed by atoms with Crippen LogP contribution in [-0.4, -0.2) is 27.9 Å². The molecule has 0 aromatic heterocycles. The fourth-order valence-electron chi connectivity index (χ4n) is 2.71. The summed E-state index contributed by atoms with van der Waals surface area (Å²) in [6, 6.07) is 9.89. The van der Waals surface area contributed by atoms with Crippen LogP contribution in [0.15, 0.2) is 30.3 Å². The molecule has 0 aliphatic heterocycles. The molecule has 18 heavy (non-hydrogen) atoms. The van der Waals surface area contributed by atoms with Gasteiger partial charge in [0.15, 0.2) is 0 Å². The van der Waals surface area contributed by atoms with Gasteiger partial charge in [-0.3, -0.25) is 0 Å². The van der Waals surface area contributed by atoms with Gasteiger partial charge in [-0.25, -0.2) is 4.79 Å². The molecule has 4 nitrogen and oxygen atoms in total. The monoisotopic (exact) mass is 249 g/mol. The van der Waals surface area contributed by atoms with E-state index in [4.69, 9.17) is 5.11 Å². The quantitative estimate of drug-likeness (QED) is 0.769. The lowest BCUT2D eigenvalue weighted by atomic mass is 9.76. The summed E-state index contributed by atoms with van der Waals surface area (Å²) in [4.78, 5) is 11.0. The number of hydrogen-bond acceptors (Lipinski definition) is 2. The van der Waals surface area contributed by atoms with E-state index >= 15 is 0 Å². The Labute approximate surface area is 107 Å². The van der Waals surface area contributed by atoms with Crippen molar-refractivity contribution in [2.75, 3.05) is 0 Å². The Morgan fingerprint density at radius 2 is 1.89 bits per heavy atom. The van der Waals surface area contributed by atoms with Crippen molar-refractivity contribution in [2.24, 2.45) is 0 Å². The summed E-state index contributed by atoms with van der Waals surface area (Å²) in [5.74, 6) is 0. The topological polar surface area (TPSA) is 69.6 Å². The van der Waals surface area contributed by atoms with Gasteiger partial charge < -0.3 is 15.5 Å². The second-order valence-electron chi connectivity index (χ2n) is 5.10. The first-order valence-corrected chi connectivity index (χ1v) is 6.33. The van der Waals surface area contributed by atoms with Gasteiger partial charge in [0.1, 0.15) is 0 Å². The second kappa shape index (κ2) is 5.40. The van der Waals surface area contributed by atoms with Crippen molar-refractivity contribution in [3.63, 3.8) is 0 Å². The van der Waals surface area contributed by atoms with Crippen molar-refractivity contribution in [1.29, 1.82) is 0 Å². The smallest absolute Gasteiger partial charge is 0.405 e. The molecule has 0 heterocycles. The van der Waals surface area contributed by atoms with E-state index in [-0.39, 0.29) is 6.10 Å². The molecule has 1 aliphatic rings. The molecule has 0 atom stereocenters. The molecule has 1 amide bonds. The molecule has 1 aromatic rings. The summed E-state index contributed by atoms with van der Waals surface area (Å²) in [7, 11) is 0. The van der Waals surface area contributed by atoms with E-state index in [9.17, 15) is 9.90 Å². The molecule has 1 saturated carbocycles. The molecular weight excluding hydrogens is 230 g/mol. The predicted molar refractivity (Wildman–Crippen MR) is 68.5 cm³/mol. The summed E-state index contributed by atoms with van der Waals surface area (Å²) in [6.07, 6.45) is 2.12. The Kier molecular flexibility index (Phi) is 3.87. The van der Waals surface area contributed by atoms with Gasteiger partial charge in [0, 0.05) is 5.54 Å². The van der Waals surface area contributed by atoms with Gasteiger partial charge in [0.25, 0.3) is 0 Å². The van der Waals surface area contributed by atoms with E-state index in [0.29, 0.717) is 32.1 Å². The Morgan fingerprint density at radius 1 is 1.28 bits per heavy atom. The molecule has 1 aliphatic carbocycles. The van der Waals surface area contributed by atoms with Crippen LogP contribution in [-0.2, 0) is 6.42 Å². The van der Waals surface area contributed by atoms with E-state index in [2.05, 4.69) is 5.32 Å². The molecule has 0 bridgehead atoms. The van der Waals surface area contributed by atoms with Gasteiger partial charge in [-0.1, -0.05) is 30.3 Å². The first-order chi connectivity index (χ1) is 8.60.